The number of hydrogen-bond acceptors (Lipinski definition) is 2. The van der Waals surface area contributed by atoms with Crippen molar-refractivity contribution in [1.29, 1.82) is 0 Å². The lowest BCUT2D eigenvalue weighted by Gasteiger charge is -2.16. The number of hydrogen-bond donors (Lipinski definition) is 1. The molecule has 0 heterocycles. The van der Waals surface area contributed by atoms with Crippen LogP contribution in [-0.2, 0) is 0 Å². The van der Waals surface area contributed by atoms with E-state index in [1.54, 1.807) is 0 Å². The van der Waals surface area contributed by atoms with Crippen molar-refractivity contribution in [3.05, 3.63) is 12.2 Å². The molecule has 0 radical (unpaired) electrons. The summed E-state index contributed by atoms with van der Waals surface area (Å²) in [5.41, 5.74) is 5.31. The Balaban J connectivity index is 3.36. The van der Waals surface area contributed by atoms with E-state index < -0.39 is 0 Å². The first kappa shape index (κ1) is 10.7. The summed E-state index contributed by atoms with van der Waals surface area (Å²) in [7, 11) is 2.13. The summed E-state index contributed by atoms with van der Waals surface area (Å²) >= 11 is 0. The number of likely N-dealkylation sites (N-methyl/N-ethyl adjacent to an activating group) is 1. The summed E-state index contributed by atoms with van der Waals surface area (Å²) in [6, 6.07) is 0. The Morgan fingerprint density at radius 1 is 1.36 bits per heavy atom. The Bertz CT molecular complexity index is 108. The minimum atomic E-state index is 0.648. The normalized spacial score (nSPS) is 12.2. The van der Waals surface area contributed by atoms with Gasteiger partial charge in [-0.2, -0.15) is 0 Å². The zero-order valence-electron chi connectivity index (χ0n) is 7.88. The van der Waals surface area contributed by atoms with E-state index in [4.69, 9.17) is 5.73 Å². The highest BCUT2D eigenvalue weighted by Crippen LogP contribution is 1.94. The van der Waals surface area contributed by atoms with Crippen LogP contribution in [-0.4, -0.2) is 31.6 Å². The van der Waals surface area contributed by atoms with Gasteiger partial charge in [0.2, 0.25) is 0 Å². The van der Waals surface area contributed by atoms with Gasteiger partial charge in [0.1, 0.15) is 0 Å². The van der Waals surface area contributed by atoms with Crippen LogP contribution in [0.1, 0.15) is 13.8 Å². The third kappa shape index (κ3) is 7.56. The fourth-order valence-corrected chi connectivity index (χ4v) is 1.05. The Morgan fingerprint density at radius 2 is 2.00 bits per heavy atom. The summed E-state index contributed by atoms with van der Waals surface area (Å²) in [4.78, 5) is 2.29. The molecule has 0 aromatic carbocycles. The fourth-order valence-electron chi connectivity index (χ4n) is 1.05. The van der Waals surface area contributed by atoms with Gasteiger partial charge in [0.05, 0.1) is 0 Å². The van der Waals surface area contributed by atoms with Crippen molar-refractivity contribution in [2.75, 3.05) is 26.7 Å². The van der Waals surface area contributed by atoms with Gasteiger partial charge in [-0.15, -0.1) is 0 Å². The van der Waals surface area contributed by atoms with Crippen LogP contribution >= 0.6 is 0 Å². The van der Waals surface area contributed by atoms with Crippen LogP contribution in [0.4, 0.5) is 0 Å². The molecule has 0 amide bonds. The van der Waals surface area contributed by atoms with E-state index in [2.05, 4.69) is 31.9 Å². The van der Waals surface area contributed by atoms with Crippen LogP contribution in [0.25, 0.3) is 0 Å². The van der Waals surface area contributed by atoms with E-state index in [0.717, 1.165) is 19.0 Å². The first-order chi connectivity index (χ1) is 5.16. The van der Waals surface area contributed by atoms with Gasteiger partial charge in [-0.1, -0.05) is 26.0 Å². The molecule has 0 aromatic heterocycles. The summed E-state index contributed by atoms with van der Waals surface area (Å²) < 4.78 is 0. The average molecular weight is 156 g/mol. The quantitative estimate of drug-likeness (QED) is 0.604. The van der Waals surface area contributed by atoms with E-state index in [9.17, 15) is 0 Å². The average Bonchev–Trinajstić information content (AvgIpc) is 1.86. The first-order valence-corrected chi connectivity index (χ1v) is 4.20. The largest absolute Gasteiger partial charge is 0.327 e. The minimum absolute atomic E-state index is 0.648. The minimum Gasteiger partial charge on any atom is -0.327 e. The molecule has 11 heavy (non-hydrogen) atoms. The van der Waals surface area contributed by atoms with Crippen molar-refractivity contribution in [2.24, 2.45) is 11.7 Å². The summed E-state index contributed by atoms with van der Waals surface area (Å²) in [5.74, 6) is 0.742. The van der Waals surface area contributed by atoms with Crippen LogP contribution in [0.15, 0.2) is 12.2 Å². The van der Waals surface area contributed by atoms with Crippen molar-refractivity contribution in [3.63, 3.8) is 0 Å². The maximum absolute atomic E-state index is 5.31. The predicted molar refractivity (Wildman–Crippen MR) is 50.5 cm³/mol. The lowest BCUT2D eigenvalue weighted by molar-refractivity contribution is 0.324. The molecule has 0 rings (SSSR count). The van der Waals surface area contributed by atoms with Gasteiger partial charge in [0.15, 0.2) is 0 Å². The lowest BCUT2D eigenvalue weighted by Crippen LogP contribution is -2.23. The Morgan fingerprint density at radius 3 is 2.45 bits per heavy atom. The van der Waals surface area contributed by atoms with Gasteiger partial charge in [0.25, 0.3) is 0 Å². The highest BCUT2D eigenvalue weighted by molar-refractivity contribution is 4.84. The molecule has 0 fully saturated rings. The van der Waals surface area contributed by atoms with Crippen molar-refractivity contribution < 1.29 is 0 Å². The zero-order chi connectivity index (χ0) is 8.69. The summed E-state index contributed by atoms with van der Waals surface area (Å²) in [6.07, 6.45) is 4.11. The van der Waals surface area contributed by atoms with Gasteiger partial charge in [-0.05, 0) is 13.0 Å². The summed E-state index contributed by atoms with van der Waals surface area (Å²) in [6.45, 7) is 7.26. The Kier molecular flexibility index (Phi) is 6.18. The highest BCUT2D eigenvalue weighted by Gasteiger charge is 1.97. The second-order valence-corrected chi connectivity index (χ2v) is 3.32. The number of rotatable bonds is 5. The third-order valence-electron chi connectivity index (χ3n) is 1.40. The van der Waals surface area contributed by atoms with E-state index in [1.165, 1.54) is 0 Å². The second kappa shape index (κ2) is 6.38. The highest BCUT2D eigenvalue weighted by atomic mass is 15.1. The molecule has 0 aliphatic rings. The zero-order valence-corrected chi connectivity index (χ0v) is 7.88. The lowest BCUT2D eigenvalue weighted by atomic mass is 10.2. The van der Waals surface area contributed by atoms with Gasteiger partial charge in [-0.25, -0.2) is 0 Å². The number of nitrogens with two attached hydrogens (primary N) is 1. The topological polar surface area (TPSA) is 29.3 Å². The molecule has 0 bridgehead atoms. The fraction of sp³-hybridized carbons (Fsp3) is 0.778. The van der Waals surface area contributed by atoms with Crippen LogP contribution in [0.5, 0.6) is 0 Å². The van der Waals surface area contributed by atoms with E-state index >= 15 is 0 Å². The molecule has 66 valence electrons. The van der Waals surface area contributed by atoms with Gasteiger partial charge in [-0.3, -0.25) is 0 Å². The van der Waals surface area contributed by atoms with E-state index in [0.29, 0.717) is 6.54 Å². The molecule has 0 saturated carbocycles. The molecular formula is C9H20N2. The monoisotopic (exact) mass is 156 g/mol. The molecule has 0 aliphatic carbocycles. The van der Waals surface area contributed by atoms with Crippen molar-refractivity contribution in [1.82, 2.24) is 4.90 Å². The number of nitrogens with zero attached hydrogens (tertiary/aromatic N) is 1. The Hall–Kier alpha value is -0.340. The maximum atomic E-state index is 5.31. The Labute approximate surface area is 70.1 Å². The first-order valence-electron chi connectivity index (χ1n) is 4.20. The van der Waals surface area contributed by atoms with Crippen molar-refractivity contribution >= 4 is 0 Å². The molecule has 2 nitrogen and oxygen atoms in total. The van der Waals surface area contributed by atoms with Crippen LogP contribution in [0, 0.1) is 5.92 Å². The maximum Gasteiger partial charge on any atom is 0.0160 e. The molecule has 0 aliphatic heterocycles. The van der Waals surface area contributed by atoms with Crippen LogP contribution in [0.3, 0.4) is 0 Å². The van der Waals surface area contributed by atoms with Crippen LogP contribution < -0.4 is 5.73 Å². The summed E-state index contributed by atoms with van der Waals surface area (Å²) in [5, 5.41) is 0. The van der Waals surface area contributed by atoms with Crippen molar-refractivity contribution in [3.8, 4) is 0 Å². The molecule has 0 saturated heterocycles. The van der Waals surface area contributed by atoms with Crippen LogP contribution in [0.2, 0.25) is 0 Å². The SMILES string of the molecule is CC(C)CN(C)CC=CCN. The molecular weight excluding hydrogens is 136 g/mol. The van der Waals surface area contributed by atoms with E-state index in [-0.39, 0.29) is 0 Å². The standard InChI is InChI=1S/C9H20N2/c1-9(2)8-11(3)7-5-4-6-10/h4-5,9H,6-8,10H2,1-3H3. The second-order valence-electron chi connectivity index (χ2n) is 3.32. The third-order valence-corrected chi connectivity index (χ3v) is 1.40. The smallest absolute Gasteiger partial charge is 0.0160 e. The molecule has 0 spiro atoms. The predicted octanol–water partition coefficient (Wildman–Crippen LogP) is 1.09. The molecule has 2 heteroatoms. The van der Waals surface area contributed by atoms with Gasteiger partial charge in [0, 0.05) is 19.6 Å². The van der Waals surface area contributed by atoms with Crippen molar-refractivity contribution in [2.45, 2.75) is 13.8 Å². The molecule has 0 atom stereocenters. The molecule has 2 N–H and O–H groups in total. The van der Waals surface area contributed by atoms with E-state index in [1.807, 2.05) is 6.08 Å². The van der Waals surface area contributed by atoms with Gasteiger partial charge < -0.3 is 10.6 Å². The molecule has 0 aromatic rings. The van der Waals surface area contributed by atoms with Gasteiger partial charge >= 0.3 is 0 Å². The molecule has 0 unspecified atom stereocenters.